The van der Waals surface area contributed by atoms with E-state index in [4.69, 9.17) is 0 Å². The fraction of sp³-hybridized carbons (Fsp3) is 0.333. The van der Waals surface area contributed by atoms with Crippen LogP contribution < -0.4 is 24.8 Å². The van der Waals surface area contributed by atoms with Crippen LogP contribution >= 0.6 is 0 Å². The normalized spacial score (nSPS) is 14.8. The van der Waals surface area contributed by atoms with Crippen molar-refractivity contribution >= 4 is 0 Å². The van der Waals surface area contributed by atoms with E-state index in [0.29, 0.717) is 0 Å². The number of hydrogen-bond donors (Lipinski definition) is 0. The number of rotatable bonds is 0. The average Bonchev–Trinajstić information content (AvgIpc) is 2.63. The maximum Gasteiger partial charge on any atom is 2.00 e. The average molecular weight is 322 g/mol. The molecule has 82 valence electrons. The second-order valence-electron chi connectivity index (χ2n) is 3.29. The molecule has 0 heterocycles. The van der Waals surface area contributed by atoms with E-state index in [1.54, 1.807) is 0 Å². The Hall–Kier alpha value is 0.423. The van der Waals surface area contributed by atoms with Crippen molar-refractivity contribution in [1.82, 2.24) is 0 Å². The van der Waals surface area contributed by atoms with Crippen molar-refractivity contribution < 1.29 is 51.0 Å². The Kier molecular flexibility index (Phi) is 17.3. The molecule has 0 aromatic heterocycles. The minimum atomic E-state index is 0. The molecule has 0 atom stereocenters. The van der Waals surface area contributed by atoms with E-state index in [2.05, 4.69) is 50.3 Å². The third-order valence-electron chi connectivity index (χ3n) is 1.91. The monoisotopic (exact) mass is 320 g/mol. The molecule has 0 spiro atoms. The number of allylic oxidation sites excluding steroid dienone is 8. The van der Waals surface area contributed by atoms with Crippen molar-refractivity contribution in [3.63, 3.8) is 0 Å². The van der Waals surface area contributed by atoms with Gasteiger partial charge in [0.25, 0.3) is 0 Å². The summed E-state index contributed by atoms with van der Waals surface area (Å²) in [5.41, 5.74) is 2.94. The van der Waals surface area contributed by atoms with Gasteiger partial charge in [-0.25, -0.2) is 0 Å². The van der Waals surface area contributed by atoms with Gasteiger partial charge in [-0.3, -0.25) is 0 Å². The smallest absolute Gasteiger partial charge is 1.00 e. The first-order valence-electron chi connectivity index (χ1n) is 4.43. The Morgan fingerprint density at radius 3 is 1.20 bits per heavy atom. The van der Waals surface area contributed by atoms with E-state index >= 15 is 0 Å². The topological polar surface area (TPSA) is 0 Å². The molecule has 0 aromatic carbocycles. The van der Waals surface area contributed by atoms with Crippen molar-refractivity contribution in [3.05, 3.63) is 47.6 Å². The largest absolute Gasteiger partial charge is 2.00 e. The third kappa shape index (κ3) is 10.7. The summed E-state index contributed by atoms with van der Waals surface area (Å²) in [6, 6.07) is 0. The molecular weight excluding hydrogens is 306 g/mol. The Labute approximate surface area is 125 Å². The van der Waals surface area contributed by atoms with Crippen molar-refractivity contribution in [2.45, 2.75) is 26.7 Å². The van der Waals surface area contributed by atoms with Gasteiger partial charge in [-0.15, -0.1) is 0 Å². The Bertz CT molecular complexity index is 235. The van der Waals surface area contributed by atoms with Crippen molar-refractivity contribution in [1.29, 1.82) is 0 Å². The van der Waals surface area contributed by atoms with Gasteiger partial charge in [-0.1, -0.05) is 47.6 Å². The van der Waals surface area contributed by atoms with Crippen LogP contribution in [0.25, 0.3) is 0 Å². The molecule has 0 fully saturated rings. The van der Waals surface area contributed by atoms with Gasteiger partial charge < -0.3 is 24.8 Å². The molecule has 0 bridgehead atoms. The van der Waals surface area contributed by atoms with Crippen molar-refractivity contribution in [2.75, 3.05) is 0 Å². The Balaban J connectivity index is -0.000000160. The van der Waals surface area contributed by atoms with E-state index in [1.807, 2.05) is 0 Å². The molecular formula is C12H16Cl2Zr. The van der Waals surface area contributed by atoms with Gasteiger partial charge in [0.15, 0.2) is 0 Å². The van der Waals surface area contributed by atoms with E-state index in [1.165, 1.54) is 24.0 Å². The first-order valence-corrected chi connectivity index (χ1v) is 4.43. The van der Waals surface area contributed by atoms with Crippen LogP contribution in [0.15, 0.2) is 47.6 Å². The minimum Gasteiger partial charge on any atom is -1.00 e. The molecule has 2 aliphatic carbocycles. The zero-order valence-electron chi connectivity index (χ0n) is 9.13. The second kappa shape index (κ2) is 12.5. The standard InChI is InChI=1S/2C6H8.2ClH.Zr/c2*1-6-4-2-3-5-6;;;/h2*2-4H,5H2,1H3;2*1H;/q;;;;+2/p-2. The number of halogens is 2. The van der Waals surface area contributed by atoms with E-state index < -0.39 is 0 Å². The van der Waals surface area contributed by atoms with Crippen LogP contribution in [0, 0.1) is 0 Å². The van der Waals surface area contributed by atoms with Crippen molar-refractivity contribution in [3.8, 4) is 0 Å². The molecule has 0 saturated heterocycles. The third-order valence-corrected chi connectivity index (χ3v) is 1.91. The Morgan fingerprint density at radius 2 is 1.13 bits per heavy atom. The number of hydrogen-bond acceptors (Lipinski definition) is 0. The molecule has 2 aliphatic rings. The SMILES string of the molecule is CC1=CC=CC1.CC1=CC=CC1.[Cl-].[Cl-].[Zr+2]. The maximum absolute atomic E-state index is 2.16. The summed E-state index contributed by atoms with van der Waals surface area (Å²) < 4.78 is 0. The summed E-state index contributed by atoms with van der Waals surface area (Å²) in [6.07, 6.45) is 15.1. The molecule has 0 amide bonds. The van der Waals surface area contributed by atoms with Crippen LogP contribution in [0.5, 0.6) is 0 Å². The van der Waals surface area contributed by atoms with Crippen LogP contribution in [0.4, 0.5) is 0 Å². The molecule has 0 aliphatic heterocycles. The summed E-state index contributed by atoms with van der Waals surface area (Å²) in [6.45, 7) is 4.28. The zero-order chi connectivity index (χ0) is 8.81. The van der Waals surface area contributed by atoms with Gasteiger partial charge in [0.05, 0.1) is 0 Å². The van der Waals surface area contributed by atoms with Crippen LogP contribution in [-0.2, 0) is 26.2 Å². The first kappa shape index (κ1) is 20.8. The summed E-state index contributed by atoms with van der Waals surface area (Å²) >= 11 is 0. The zero-order valence-corrected chi connectivity index (χ0v) is 13.1. The predicted molar refractivity (Wildman–Crippen MR) is 55.0 cm³/mol. The molecule has 0 aromatic rings. The predicted octanol–water partition coefficient (Wildman–Crippen LogP) is -2.21. The van der Waals surface area contributed by atoms with Crippen molar-refractivity contribution in [2.24, 2.45) is 0 Å². The van der Waals surface area contributed by atoms with E-state index in [0.717, 1.165) is 0 Å². The van der Waals surface area contributed by atoms with Gasteiger partial charge >= 0.3 is 26.2 Å². The summed E-state index contributed by atoms with van der Waals surface area (Å²) in [7, 11) is 0. The summed E-state index contributed by atoms with van der Waals surface area (Å²) in [4.78, 5) is 0. The van der Waals surface area contributed by atoms with Crippen LogP contribution in [-0.4, -0.2) is 0 Å². The summed E-state index contributed by atoms with van der Waals surface area (Å²) in [5.74, 6) is 0. The fourth-order valence-electron chi connectivity index (χ4n) is 1.11. The molecule has 0 N–H and O–H groups in total. The van der Waals surface area contributed by atoms with Gasteiger partial charge in [0, 0.05) is 0 Å². The van der Waals surface area contributed by atoms with Crippen LogP contribution in [0.2, 0.25) is 0 Å². The van der Waals surface area contributed by atoms with Crippen LogP contribution in [0.1, 0.15) is 26.7 Å². The van der Waals surface area contributed by atoms with E-state index in [9.17, 15) is 0 Å². The molecule has 3 heteroatoms. The maximum atomic E-state index is 2.16. The van der Waals surface area contributed by atoms with Crippen LogP contribution in [0.3, 0.4) is 0 Å². The van der Waals surface area contributed by atoms with Gasteiger partial charge in [0.2, 0.25) is 0 Å². The molecule has 0 saturated carbocycles. The van der Waals surface area contributed by atoms with Gasteiger partial charge in [0.1, 0.15) is 0 Å². The molecule has 2 rings (SSSR count). The quantitative estimate of drug-likeness (QED) is 0.475. The molecule has 0 nitrogen and oxygen atoms in total. The van der Waals surface area contributed by atoms with E-state index in [-0.39, 0.29) is 51.0 Å². The molecule has 0 unspecified atom stereocenters. The molecule has 0 radical (unpaired) electrons. The Morgan fingerprint density at radius 1 is 0.800 bits per heavy atom. The van der Waals surface area contributed by atoms with Gasteiger partial charge in [-0.2, -0.15) is 0 Å². The summed E-state index contributed by atoms with van der Waals surface area (Å²) in [5, 5.41) is 0. The second-order valence-corrected chi connectivity index (χ2v) is 3.29. The minimum absolute atomic E-state index is 0. The fourth-order valence-corrected chi connectivity index (χ4v) is 1.11. The first-order chi connectivity index (χ1) is 5.79. The van der Waals surface area contributed by atoms with Gasteiger partial charge in [-0.05, 0) is 26.7 Å². The molecule has 15 heavy (non-hydrogen) atoms.